The van der Waals surface area contributed by atoms with Crippen molar-refractivity contribution in [2.24, 2.45) is 0 Å². The van der Waals surface area contributed by atoms with Crippen LogP contribution in [0.15, 0.2) is 66.7 Å². The molecule has 3 aromatic carbocycles. The molecule has 3 aromatic rings. The quantitative estimate of drug-likeness (QED) is 0.197. The van der Waals surface area contributed by atoms with Crippen LogP contribution >= 0.6 is 0 Å². The summed E-state index contributed by atoms with van der Waals surface area (Å²) in [5, 5.41) is 9.51. The highest BCUT2D eigenvalue weighted by Crippen LogP contribution is 2.22. The van der Waals surface area contributed by atoms with Gasteiger partial charge in [-0.1, -0.05) is 24.3 Å². The summed E-state index contributed by atoms with van der Waals surface area (Å²) in [5.41, 5.74) is 2.29. The Kier molecular flexibility index (Phi) is 9.33. The Morgan fingerprint density at radius 1 is 0.872 bits per heavy atom. The van der Waals surface area contributed by atoms with E-state index in [0.29, 0.717) is 43.1 Å². The molecule has 1 heterocycles. The minimum absolute atomic E-state index is 0.0506. The molecule has 0 aliphatic carbocycles. The van der Waals surface area contributed by atoms with Crippen molar-refractivity contribution in [3.8, 4) is 11.5 Å². The lowest BCUT2D eigenvalue weighted by Gasteiger charge is -2.35. The van der Waals surface area contributed by atoms with E-state index in [0.717, 1.165) is 23.9 Å². The molecule has 1 aliphatic heterocycles. The van der Waals surface area contributed by atoms with Gasteiger partial charge in [0.05, 0.1) is 0 Å². The number of hydrogen-bond acceptors (Lipinski definition) is 8. The first-order valence-corrected chi connectivity index (χ1v) is 12.2. The maximum atomic E-state index is 13.6. The highest BCUT2D eigenvalue weighted by molar-refractivity contribution is 5.68. The molecule has 1 aliphatic rings. The summed E-state index contributed by atoms with van der Waals surface area (Å²) in [7, 11) is 0. The maximum absolute atomic E-state index is 13.6. The van der Waals surface area contributed by atoms with E-state index in [4.69, 9.17) is 14.2 Å². The van der Waals surface area contributed by atoms with Crippen LogP contribution in [0.2, 0.25) is 0 Å². The summed E-state index contributed by atoms with van der Waals surface area (Å²) >= 11 is 0. The van der Waals surface area contributed by atoms with Gasteiger partial charge in [0.2, 0.25) is 0 Å². The van der Waals surface area contributed by atoms with E-state index in [2.05, 4.69) is 9.74 Å². The van der Waals surface area contributed by atoms with Gasteiger partial charge in [0, 0.05) is 37.9 Å². The Morgan fingerprint density at radius 2 is 1.56 bits per heavy atom. The molecule has 0 N–H and O–H groups in total. The minimum Gasteiger partial charge on any atom is -0.490 e. The van der Waals surface area contributed by atoms with Crippen molar-refractivity contribution >= 4 is 11.8 Å². The van der Waals surface area contributed by atoms with E-state index in [1.54, 1.807) is 29.2 Å². The molecule has 206 valence electrons. The third kappa shape index (κ3) is 8.19. The predicted molar refractivity (Wildman–Crippen MR) is 136 cm³/mol. The van der Waals surface area contributed by atoms with E-state index < -0.39 is 22.8 Å². The summed E-state index contributed by atoms with van der Waals surface area (Å²) in [6.07, 6.45) is -0.425. The number of ether oxygens (including phenoxy) is 3. The minimum atomic E-state index is -0.854. The number of rotatable bonds is 11. The molecule has 1 amide bonds. The number of nitrogens with zero attached hydrogens (tertiary/aromatic N) is 3. The van der Waals surface area contributed by atoms with Crippen molar-refractivity contribution in [3.05, 3.63) is 99.6 Å². The van der Waals surface area contributed by atoms with Gasteiger partial charge in [-0.15, -0.1) is 10.1 Å². The average molecular weight is 544 g/mol. The fourth-order valence-electron chi connectivity index (χ4n) is 3.97. The highest BCUT2D eigenvalue weighted by atomic mass is 19.1. The van der Waals surface area contributed by atoms with Crippen LogP contribution in [0.4, 0.5) is 19.3 Å². The summed E-state index contributed by atoms with van der Waals surface area (Å²) in [5.74, 6) is -0.766. The molecule has 1 fully saturated rings. The molecule has 0 spiro atoms. The third-order valence-electron chi connectivity index (χ3n) is 5.93. The van der Waals surface area contributed by atoms with Crippen LogP contribution in [0.1, 0.15) is 11.1 Å². The molecule has 12 heteroatoms. The van der Waals surface area contributed by atoms with Crippen molar-refractivity contribution in [2.75, 3.05) is 44.3 Å². The van der Waals surface area contributed by atoms with Gasteiger partial charge < -0.3 is 28.8 Å². The number of carbonyl (C=O) groups is 1. The van der Waals surface area contributed by atoms with E-state index in [9.17, 15) is 23.7 Å². The van der Waals surface area contributed by atoms with Crippen molar-refractivity contribution in [3.63, 3.8) is 0 Å². The Labute approximate surface area is 223 Å². The van der Waals surface area contributed by atoms with Crippen LogP contribution < -0.4 is 14.4 Å². The number of carbonyl (C=O) groups excluding carboxylic acids is 1. The summed E-state index contributed by atoms with van der Waals surface area (Å²) in [4.78, 5) is 31.0. The second kappa shape index (κ2) is 13.3. The molecule has 0 unspecified atom stereocenters. The number of halogens is 2. The van der Waals surface area contributed by atoms with Crippen molar-refractivity contribution < 1.29 is 37.7 Å². The van der Waals surface area contributed by atoms with Gasteiger partial charge in [0.15, 0.2) is 11.6 Å². The normalized spacial score (nSPS) is 13.1. The zero-order valence-electron chi connectivity index (χ0n) is 21.0. The van der Waals surface area contributed by atoms with Gasteiger partial charge in [-0.2, -0.15) is 0 Å². The fraction of sp³-hybridized carbons (Fsp3) is 0.296. The van der Waals surface area contributed by atoms with Gasteiger partial charge in [-0.3, -0.25) is 0 Å². The van der Waals surface area contributed by atoms with Crippen LogP contribution in [-0.4, -0.2) is 55.5 Å². The van der Waals surface area contributed by atoms with Gasteiger partial charge >= 0.3 is 6.09 Å². The monoisotopic (exact) mass is 543 g/mol. The first-order valence-electron chi connectivity index (χ1n) is 12.2. The van der Waals surface area contributed by atoms with E-state index in [1.807, 2.05) is 24.3 Å². The third-order valence-corrected chi connectivity index (χ3v) is 5.93. The van der Waals surface area contributed by atoms with Gasteiger partial charge in [-0.25, -0.2) is 13.6 Å². The van der Waals surface area contributed by atoms with Crippen LogP contribution in [0.3, 0.4) is 0 Å². The topological polar surface area (TPSA) is 104 Å². The van der Waals surface area contributed by atoms with Crippen molar-refractivity contribution in [1.82, 2.24) is 4.90 Å². The Bertz CT molecular complexity index is 1270. The molecule has 0 saturated carbocycles. The molecule has 0 radical (unpaired) electrons. The molecule has 10 nitrogen and oxygen atoms in total. The Balaban J connectivity index is 1.17. The van der Waals surface area contributed by atoms with Crippen LogP contribution in [0, 0.1) is 21.7 Å². The van der Waals surface area contributed by atoms with Crippen LogP contribution in [-0.2, 0) is 22.8 Å². The molecule has 4 rings (SSSR count). The van der Waals surface area contributed by atoms with E-state index >= 15 is 0 Å². The van der Waals surface area contributed by atoms with E-state index in [-0.39, 0.29) is 32.2 Å². The van der Waals surface area contributed by atoms with Gasteiger partial charge in [0.1, 0.15) is 38.0 Å². The fourth-order valence-corrected chi connectivity index (χ4v) is 3.97. The van der Waals surface area contributed by atoms with Crippen molar-refractivity contribution in [1.29, 1.82) is 0 Å². The zero-order valence-corrected chi connectivity index (χ0v) is 21.0. The number of hydrogen-bond donors (Lipinski definition) is 0. The number of anilines is 1. The van der Waals surface area contributed by atoms with E-state index in [1.165, 1.54) is 0 Å². The van der Waals surface area contributed by atoms with Crippen molar-refractivity contribution in [2.45, 2.75) is 13.2 Å². The number of piperazine rings is 1. The largest absolute Gasteiger partial charge is 0.490 e. The van der Waals surface area contributed by atoms with Gasteiger partial charge in [0.25, 0.3) is 5.09 Å². The first-order chi connectivity index (χ1) is 18.9. The first kappa shape index (κ1) is 27.4. The second-order valence-electron chi connectivity index (χ2n) is 8.61. The predicted octanol–water partition coefficient (Wildman–Crippen LogP) is 4.59. The number of amides is 1. The lowest BCUT2D eigenvalue weighted by atomic mass is 10.1. The highest BCUT2D eigenvalue weighted by Gasteiger charge is 2.22. The summed E-state index contributed by atoms with van der Waals surface area (Å²) in [6, 6.07) is 17.3. The van der Waals surface area contributed by atoms with Gasteiger partial charge in [-0.05, 0) is 47.5 Å². The number of benzene rings is 3. The molecular formula is C27H27F2N3O7. The lowest BCUT2D eigenvalue weighted by Crippen LogP contribution is -2.48. The summed E-state index contributed by atoms with van der Waals surface area (Å²) in [6.45, 7) is 2.31. The molecule has 0 aromatic heterocycles. The Morgan fingerprint density at radius 3 is 2.28 bits per heavy atom. The Hall–Kier alpha value is -4.61. The lowest BCUT2D eigenvalue weighted by molar-refractivity contribution is -0.763. The molecular weight excluding hydrogens is 516 g/mol. The maximum Gasteiger partial charge on any atom is 0.410 e. The molecule has 0 bridgehead atoms. The summed E-state index contributed by atoms with van der Waals surface area (Å²) < 4.78 is 43.1. The van der Waals surface area contributed by atoms with Crippen LogP contribution in [0.5, 0.6) is 11.5 Å². The standard InChI is InChI=1S/C27H27F2N3O7/c28-22-4-9-25(29)26(17-22)37-15-14-36-24-7-5-23(6-8-24)30-10-12-31(13-11-30)27(33)38-18-20-2-1-3-21(16-20)19-39-32(34)35/h1-9,16-17H,10-15,18-19H2. The molecule has 1 saturated heterocycles. The second-order valence-corrected chi connectivity index (χ2v) is 8.61. The SMILES string of the molecule is O=C(OCc1cccc(CO[N+](=O)[O-])c1)N1CCN(c2ccc(OCCOc3cc(F)ccc3F)cc2)CC1. The average Bonchev–Trinajstić information content (AvgIpc) is 2.95. The molecule has 39 heavy (non-hydrogen) atoms. The zero-order chi connectivity index (χ0) is 27.6. The van der Waals surface area contributed by atoms with Crippen LogP contribution in [0.25, 0.3) is 0 Å². The smallest absolute Gasteiger partial charge is 0.410 e. The molecule has 0 atom stereocenters.